The van der Waals surface area contributed by atoms with Gasteiger partial charge in [-0.3, -0.25) is 0 Å². The molecule has 32 heavy (non-hydrogen) atoms. The molecule has 11 heteroatoms. The normalized spacial score (nSPS) is 23.8. The van der Waals surface area contributed by atoms with Gasteiger partial charge in [0, 0.05) is 25.7 Å². The first-order valence-corrected chi connectivity index (χ1v) is 10.5. The van der Waals surface area contributed by atoms with Gasteiger partial charge in [-0.1, -0.05) is 12.1 Å². The van der Waals surface area contributed by atoms with E-state index in [9.17, 15) is 23.4 Å². The molecule has 2 aliphatic rings. The van der Waals surface area contributed by atoms with Crippen molar-refractivity contribution in [3.8, 4) is 0 Å². The largest absolute Gasteiger partial charge is 0.416 e. The lowest BCUT2D eigenvalue weighted by Crippen LogP contribution is -2.57. The Labute approximate surface area is 182 Å². The van der Waals surface area contributed by atoms with Gasteiger partial charge in [0.2, 0.25) is 5.82 Å². The number of nitrogens with zero attached hydrogens (tertiary/aromatic N) is 3. The van der Waals surface area contributed by atoms with Gasteiger partial charge >= 0.3 is 6.18 Å². The van der Waals surface area contributed by atoms with Crippen LogP contribution in [-0.2, 0) is 12.7 Å². The van der Waals surface area contributed by atoms with Crippen LogP contribution in [0.25, 0.3) is 0 Å². The van der Waals surface area contributed by atoms with Gasteiger partial charge < -0.3 is 25.7 Å². The minimum atomic E-state index is -4.42. The molecule has 1 saturated heterocycles. The number of nitrogens with one attached hydrogen (secondary N) is 2. The number of anilines is 2. The second kappa shape index (κ2) is 8.80. The van der Waals surface area contributed by atoms with Crippen LogP contribution in [0.5, 0.6) is 0 Å². The predicted octanol–water partition coefficient (Wildman–Crippen LogP) is 2.30. The molecule has 2 atom stereocenters. The van der Waals surface area contributed by atoms with Crippen LogP contribution in [0.15, 0.2) is 30.6 Å². The summed E-state index contributed by atoms with van der Waals surface area (Å²) >= 11 is 0. The van der Waals surface area contributed by atoms with Crippen molar-refractivity contribution < 1.29 is 27.8 Å². The van der Waals surface area contributed by atoms with Crippen LogP contribution in [0.4, 0.5) is 29.2 Å². The number of halogens is 4. The molecule has 4 N–H and O–H groups in total. The van der Waals surface area contributed by atoms with Crippen molar-refractivity contribution in [3.63, 3.8) is 0 Å². The summed E-state index contributed by atoms with van der Waals surface area (Å²) in [7, 11) is 0. The number of alkyl halides is 3. The van der Waals surface area contributed by atoms with Gasteiger partial charge in [-0.15, -0.1) is 0 Å². The Bertz CT molecular complexity index is 939. The fourth-order valence-electron chi connectivity index (χ4n) is 3.79. The molecule has 2 fully saturated rings. The summed E-state index contributed by atoms with van der Waals surface area (Å²) < 4.78 is 53.7. The molecule has 2 aromatic rings. The molecule has 0 spiro atoms. The zero-order chi connectivity index (χ0) is 22.9. The second-order valence-corrected chi connectivity index (χ2v) is 8.34. The van der Waals surface area contributed by atoms with Crippen molar-refractivity contribution in [1.82, 2.24) is 15.3 Å². The highest BCUT2D eigenvalue weighted by molar-refractivity contribution is 5.53. The quantitative estimate of drug-likeness (QED) is 0.476. The zero-order valence-corrected chi connectivity index (χ0v) is 17.2. The summed E-state index contributed by atoms with van der Waals surface area (Å²) in [5, 5.41) is 26.5. The van der Waals surface area contributed by atoms with Crippen molar-refractivity contribution >= 4 is 11.6 Å². The van der Waals surface area contributed by atoms with E-state index in [-0.39, 0.29) is 37.3 Å². The molecule has 1 aliphatic carbocycles. The highest BCUT2D eigenvalue weighted by Crippen LogP contribution is 2.35. The van der Waals surface area contributed by atoms with Gasteiger partial charge in [0.1, 0.15) is 11.9 Å². The second-order valence-electron chi connectivity index (χ2n) is 8.34. The van der Waals surface area contributed by atoms with Crippen molar-refractivity contribution in [1.29, 1.82) is 0 Å². The molecule has 4 rings (SSSR count). The first-order chi connectivity index (χ1) is 15.2. The fraction of sp³-hybridized carbons (Fsp3) is 0.524. The highest BCUT2D eigenvalue weighted by Gasteiger charge is 2.38. The Morgan fingerprint density at radius 3 is 2.53 bits per heavy atom. The zero-order valence-electron chi connectivity index (χ0n) is 17.2. The molecule has 1 aliphatic heterocycles. The molecule has 0 unspecified atom stereocenters. The highest BCUT2D eigenvalue weighted by atomic mass is 19.4. The van der Waals surface area contributed by atoms with E-state index in [1.165, 1.54) is 18.5 Å². The van der Waals surface area contributed by atoms with Crippen LogP contribution in [0.2, 0.25) is 0 Å². The molecule has 0 radical (unpaired) electrons. The van der Waals surface area contributed by atoms with E-state index in [4.69, 9.17) is 0 Å². The van der Waals surface area contributed by atoms with Crippen LogP contribution < -0.4 is 15.5 Å². The molecule has 0 bridgehead atoms. The van der Waals surface area contributed by atoms with Crippen molar-refractivity contribution in [3.05, 3.63) is 47.5 Å². The molecule has 2 heterocycles. The summed E-state index contributed by atoms with van der Waals surface area (Å²) in [6, 6.07) is 4.81. The minimum Gasteiger partial charge on any atom is -0.389 e. The summed E-state index contributed by atoms with van der Waals surface area (Å²) in [5.41, 5.74) is -1.55. The Hall–Kier alpha value is -2.50. The van der Waals surface area contributed by atoms with Crippen molar-refractivity contribution in [2.45, 2.75) is 49.7 Å². The SMILES string of the molecule is O[C@H]1CNCC[C@]1(O)CNc1ncnc(N(Cc2ccc(C(F)(F)F)cc2)C2CC2)c1F. The molecular formula is C21H25F4N5O2. The number of rotatable bonds is 7. The lowest BCUT2D eigenvalue weighted by molar-refractivity contribution is -0.137. The van der Waals surface area contributed by atoms with E-state index in [0.29, 0.717) is 18.5 Å². The third kappa shape index (κ3) is 4.94. The van der Waals surface area contributed by atoms with Gasteiger partial charge in [-0.05, 0) is 43.5 Å². The van der Waals surface area contributed by atoms with E-state index in [2.05, 4.69) is 20.6 Å². The molecule has 1 aromatic heterocycles. The van der Waals surface area contributed by atoms with E-state index in [0.717, 1.165) is 25.0 Å². The Morgan fingerprint density at radius 1 is 1.19 bits per heavy atom. The van der Waals surface area contributed by atoms with Crippen molar-refractivity contribution in [2.75, 3.05) is 29.9 Å². The van der Waals surface area contributed by atoms with E-state index in [1.54, 1.807) is 4.90 Å². The van der Waals surface area contributed by atoms with Crippen LogP contribution in [0.3, 0.4) is 0 Å². The van der Waals surface area contributed by atoms with E-state index < -0.39 is 29.3 Å². The standard InChI is InChI=1S/C21H25F4N5O2/c22-17-18(27-11-20(32)7-8-26-9-16(20)31)28-12-29-19(17)30(15-5-6-15)10-13-1-3-14(4-2-13)21(23,24)25/h1-4,12,15-16,26,31-32H,5-11H2,(H,27,28,29)/t16-,20-/m0/s1. The number of hydrogen-bond acceptors (Lipinski definition) is 7. The number of piperidine rings is 1. The van der Waals surface area contributed by atoms with Crippen LogP contribution in [-0.4, -0.2) is 57.6 Å². The summed E-state index contributed by atoms with van der Waals surface area (Å²) in [5.74, 6) is -0.770. The van der Waals surface area contributed by atoms with Crippen LogP contribution in [0, 0.1) is 5.82 Å². The van der Waals surface area contributed by atoms with Gasteiger partial charge in [0.25, 0.3) is 0 Å². The average Bonchev–Trinajstić information content (AvgIpc) is 3.59. The Balaban J connectivity index is 1.51. The maximum atomic E-state index is 15.3. The van der Waals surface area contributed by atoms with E-state index >= 15 is 4.39 Å². The summed E-state index contributed by atoms with van der Waals surface area (Å²) in [6.45, 7) is 0.865. The monoisotopic (exact) mass is 455 g/mol. The topological polar surface area (TPSA) is 93.5 Å². The first-order valence-electron chi connectivity index (χ1n) is 10.5. The number of benzene rings is 1. The fourth-order valence-corrected chi connectivity index (χ4v) is 3.79. The van der Waals surface area contributed by atoms with E-state index in [1.807, 2.05) is 0 Å². The number of hydrogen-bond donors (Lipinski definition) is 4. The minimum absolute atomic E-state index is 0.0324. The van der Waals surface area contributed by atoms with Crippen LogP contribution in [0.1, 0.15) is 30.4 Å². The molecule has 0 amide bonds. The molecule has 1 aromatic carbocycles. The lowest BCUT2D eigenvalue weighted by Gasteiger charge is -2.37. The van der Waals surface area contributed by atoms with Gasteiger partial charge in [-0.2, -0.15) is 17.6 Å². The molecule has 1 saturated carbocycles. The van der Waals surface area contributed by atoms with Crippen LogP contribution >= 0.6 is 0 Å². The summed E-state index contributed by atoms with van der Waals surface area (Å²) in [4.78, 5) is 9.73. The number of aliphatic hydroxyl groups excluding tert-OH is 1. The lowest BCUT2D eigenvalue weighted by atomic mass is 9.89. The number of aliphatic hydroxyl groups is 2. The predicted molar refractivity (Wildman–Crippen MR) is 110 cm³/mol. The number of β-amino-alcohol motifs (C(OH)–C–C–N with tert-alkyl or cyclic N) is 1. The Kier molecular flexibility index (Phi) is 6.24. The third-order valence-electron chi connectivity index (χ3n) is 5.92. The Morgan fingerprint density at radius 2 is 1.91 bits per heavy atom. The molecule has 7 nitrogen and oxygen atoms in total. The molecule has 174 valence electrons. The summed E-state index contributed by atoms with van der Waals surface area (Å²) in [6.07, 6.45) is -2.28. The number of aromatic nitrogens is 2. The average molecular weight is 455 g/mol. The maximum Gasteiger partial charge on any atom is 0.416 e. The van der Waals surface area contributed by atoms with Gasteiger partial charge in [-0.25, -0.2) is 9.97 Å². The smallest absolute Gasteiger partial charge is 0.389 e. The first kappa shape index (κ1) is 22.7. The van der Waals surface area contributed by atoms with Crippen molar-refractivity contribution in [2.24, 2.45) is 0 Å². The van der Waals surface area contributed by atoms with Gasteiger partial charge in [0.15, 0.2) is 11.6 Å². The third-order valence-corrected chi connectivity index (χ3v) is 5.92. The molecular weight excluding hydrogens is 430 g/mol. The maximum absolute atomic E-state index is 15.3. The van der Waals surface area contributed by atoms with Gasteiger partial charge in [0.05, 0.1) is 11.7 Å².